The SMILES string of the molecule is CC(C)C(N)CCN(C)C(=O)C1(c2cccc(F)c2)CCOCC1.Cl. The minimum absolute atomic E-state index is 0. The number of rotatable bonds is 6. The Kier molecular flexibility index (Phi) is 8.32. The number of halogens is 2. The van der Waals surface area contributed by atoms with Crippen LogP contribution in [0, 0.1) is 11.7 Å². The number of ether oxygens (including phenoxy) is 1. The summed E-state index contributed by atoms with van der Waals surface area (Å²) < 4.78 is 19.2. The Morgan fingerprint density at radius 1 is 1.36 bits per heavy atom. The van der Waals surface area contributed by atoms with E-state index in [-0.39, 0.29) is 30.2 Å². The molecule has 1 saturated heterocycles. The van der Waals surface area contributed by atoms with Crippen molar-refractivity contribution in [2.24, 2.45) is 11.7 Å². The number of hydrogen-bond donors (Lipinski definition) is 1. The Hall–Kier alpha value is -1.17. The van der Waals surface area contributed by atoms with Gasteiger partial charge in [-0.1, -0.05) is 26.0 Å². The van der Waals surface area contributed by atoms with E-state index in [0.717, 1.165) is 12.0 Å². The van der Waals surface area contributed by atoms with Crippen molar-refractivity contribution < 1.29 is 13.9 Å². The summed E-state index contributed by atoms with van der Waals surface area (Å²) in [5.74, 6) is 0.108. The third-order valence-corrected chi connectivity index (χ3v) is 5.13. The second-order valence-electron chi connectivity index (χ2n) is 7.13. The van der Waals surface area contributed by atoms with Crippen LogP contribution in [0.5, 0.6) is 0 Å². The summed E-state index contributed by atoms with van der Waals surface area (Å²) in [5.41, 5.74) is 6.15. The van der Waals surface area contributed by atoms with Gasteiger partial charge >= 0.3 is 0 Å². The maximum atomic E-state index is 13.7. The summed E-state index contributed by atoms with van der Waals surface area (Å²) in [6.45, 7) is 5.80. The van der Waals surface area contributed by atoms with Crippen LogP contribution < -0.4 is 5.73 Å². The third kappa shape index (κ3) is 5.16. The van der Waals surface area contributed by atoms with E-state index >= 15 is 0 Å². The van der Waals surface area contributed by atoms with E-state index < -0.39 is 5.41 Å². The lowest BCUT2D eigenvalue weighted by Gasteiger charge is -2.39. The van der Waals surface area contributed by atoms with Crippen molar-refractivity contribution in [3.63, 3.8) is 0 Å². The number of carbonyl (C=O) groups is 1. The van der Waals surface area contributed by atoms with Gasteiger partial charge in [-0.25, -0.2) is 4.39 Å². The Bertz CT molecular complexity index is 562. The second-order valence-corrected chi connectivity index (χ2v) is 7.13. The Balaban J connectivity index is 0.00000312. The van der Waals surface area contributed by atoms with Crippen LogP contribution in [0.3, 0.4) is 0 Å². The fourth-order valence-corrected chi connectivity index (χ4v) is 3.27. The van der Waals surface area contributed by atoms with E-state index in [1.165, 1.54) is 12.1 Å². The van der Waals surface area contributed by atoms with Crippen molar-refractivity contribution in [2.45, 2.75) is 44.6 Å². The first-order chi connectivity index (χ1) is 11.4. The minimum atomic E-state index is -0.697. The molecule has 0 aliphatic carbocycles. The van der Waals surface area contributed by atoms with Gasteiger partial charge in [0.05, 0.1) is 5.41 Å². The van der Waals surface area contributed by atoms with Crippen molar-refractivity contribution in [1.29, 1.82) is 0 Å². The van der Waals surface area contributed by atoms with Gasteiger partial charge in [0, 0.05) is 32.8 Å². The van der Waals surface area contributed by atoms with Crippen molar-refractivity contribution in [2.75, 3.05) is 26.8 Å². The molecule has 1 amide bonds. The van der Waals surface area contributed by atoms with Crippen LogP contribution >= 0.6 is 12.4 Å². The molecular formula is C19H30ClFN2O2. The number of carbonyl (C=O) groups excluding carboxylic acids is 1. The highest BCUT2D eigenvalue weighted by Gasteiger charge is 2.43. The molecule has 1 heterocycles. The lowest BCUT2D eigenvalue weighted by Crippen LogP contribution is -2.49. The molecule has 0 spiro atoms. The molecular weight excluding hydrogens is 343 g/mol. The first-order valence-corrected chi connectivity index (χ1v) is 8.72. The highest BCUT2D eigenvalue weighted by molar-refractivity contribution is 5.88. The van der Waals surface area contributed by atoms with Gasteiger partial charge in [0.25, 0.3) is 0 Å². The van der Waals surface area contributed by atoms with Crippen LogP contribution in [0.4, 0.5) is 4.39 Å². The predicted octanol–water partition coefficient (Wildman–Crippen LogP) is 3.13. The fourth-order valence-electron chi connectivity index (χ4n) is 3.27. The first kappa shape index (κ1) is 21.9. The van der Waals surface area contributed by atoms with E-state index in [0.29, 0.717) is 38.5 Å². The molecule has 2 rings (SSSR count). The number of nitrogens with zero attached hydrogens (tertiary/aromatic N) is 1. The summed E-state index contributed by atoms with van der Waals surface area (Å²) in [7, 11) is 1.81. The largest absolute Gasteiger partial charge is 0.381 e. The maximum Gasteiger partial charge on any atom is 0.233 e. The molecule has 1 atom stereocenters. The molecule has 0 bridgehead atoms. The molecule has 1 aromatic carbocycles. The molecule has 0 radical (unpaired) electrons. The Morgan fingerprint density at radius 2 is 2.00 bits per heavy atom. The molecule has 1 aromatic rings. The average molecular weight is 373 g/mol. The van der Waals surface area contributed by atoms with E-state index in [1.807, 2.05) is 13.1 Å². The molecule has 0 saturated carbocycles. The summed E-state index contributed by atoms with van der Waals surface area (Å²) in [6.07, 6.45) is 1.92. The average Bonchev–Trinajstić information content (AvgIpc) is 2.59. The van der Waals surface area contributed by atoms with Gasteiger partial charge in [0.1, 0.15) is 5.82 Å². The molecule has 4 nitrogen and oxygen atoms in total. The molecule has 0 aromatic heterocycles. The zero-order chi connectivity index (χ0) is 17.7. The molecule has 1 aliphatic heterocycles. The van der Waals surface area contributed by atoms with Gasteiger partial charge in [0.15, 0.2) is 0 Å². The standard InChI is InChI=1S/C19H29FN2O2.ClH/c1-14(2)17(21)7-10-22(3)18(23)19(8-11-24-12-9-19)15-5-4-6-16(20)13-15;/h4-6,13-14,17H,7-12,21H2,1-3H3;1H. The molecule has 25 heavy (non-hydrogen) atoms. The Morgan fingerprint density at radius 3 is 2.56 bits per heavy atom. The van der Waals surface area contributed by atoms with Crippen LogP contribution in [-0.4, -0.2) is 43.7 Å². The van der Waals surface area contributed by atoms with E-state index in [2.05, 4.69) is 13.8 Å². The van der Waals surface area contributed by atoms with Crippen molar-refractivity contribution in [3.05, 3.63) is 35.6 Å². The fraction of sp³-hybridized carbons (Fsp3) is 0.632. The van der Waals surface area contributed by atoms with Crippen LogP contribution in [-0.2, 0) is 14.9 Å². The van der Waals surface area contributed by atoms with Gasteiger partial charge in [0.2, 0.25) is 5.91 Å². The first-order valence-electron chi connectivity index (χ1n) is 8.72. The summed E-state index contributed by atoms with van der Waals surface area (Å²) in [5, 5.41) is 0. The molecule has 6 heteroatoms. The molecule has 2 N–H and O–H groups in total. The number of amides is 1. The zero-order valence-corrected chi connectivity index (χ0v) is 16.2. The molecule has 1 fully saturated rings. The van der Waals surface area contributed by atoms with E-state index in [1.54, 1.807) is 11.0 Å². The van der Waals surface area contributed by atoms with Crippen LogP contribution in [0.1, 0.15) is 38.7 Å². The minimum Gasteiger partial charge on any atom is -0.381 e. The monoisotopic (exact) mass is 372 g/mol. The lowest BCUT2D eigenvalue weighted by atomic mass is 9.73. The number of nitrogens with two attached hydrogens (primary N) is 1. The normalized spacial score (nSPS) is 17.7. The highest BCUT2D eigenvalue weighted by atomic mass is 35.5. The summed E-state index contributed by atoms with van der Waals surface area (Å²) in [4.78, 5) is 15.0. The summed E-state index contributed by atoms with van der Waals surface area (Å²) in [6, 6.07) is 6.48. The van der Waals surface area contributed by atoms with Gasteiger partial charge in [-0.3, -0.25) is 4.79 Å². The number of benzene rings is 1. The van der Waals surface area contributed by atoms with Gasteiger partial charge in [-0.2, -0.15) is 0 Å². The topological polar surface area (TPSA) is 55.6 Å². The number of likely N-dealkylation sites (N-methyl/N-ethyl adjacent to an activating group) is 1. The molecule has 142 valence electrons. The van der Waals surface area contributed by atoms with E-state index in [9.17, 15) is 9.18 Å². The third-order valence-electron chi connectivity index (χ3n) is 5.13. The Labute approximate surface area is 156 Å². The number of hydrogen-bond acceptors (Lipinski definition) is 3. The second kappa shape index (κ2) is 9.51. The lowest BCUT2D eigenvalue weighted by molar-refractivity contribution is -0.140. The molecule has 1 aliphatic rings. The molecule has 1 unspecified atom stereocenters. The highest BCUT2D eigenvalue weighted by Crippen LogP contribution is 2.37. The zero-order valence-electron chi connectivity index (χ0n) is 15.3. The van der Waals surface area contributed by atoms with E-state index in [4.69, 9.17) is 10.5 Å². The maximum absolute atomic E-state index is 13.7. The van der Waals surface area contributed by atoms with Crippen LogP contribution in [0.25, 0.3) is 0 Å². The van der Waals surface area contributed by atoms with Crippen LogP contribution in [0.2, 0.25) is 0 Å². The summed E-state index contributed by atoms with van der Waals surface area (Å²) >= 11 is 0. The van der Waals surface area contributed by atoms with Gasteiger partial charge in [-0.05, 0) is 42.9 Å². The van der Waals surface area contributed by atoms with Gasteiger partial charge < -0.3 is 15.4 Å². The van der Waals surface area contributed by atoms with Gasteiger partial charge in [-0.15, -0.1) is 12.4 Å². The van der Waals surface area contributed by atoms with Crippen molar-refractivity contribution in [3.8, 4) is 0 Å². The smallest absolute Gasteiger partial charge is 0.233 e. The van der Waals surface area contributed by atoms with Crippen molar-refractivity contribution >= 4 is 18.3 Å². The predicted molar refractivity (Wildman–Crippen MR) is 100 cm³/mol. The van der Waals surface area contributed by atoms with Crippen molar-refractivity contribution in [1.82, 2.24) is 4.90 Å². The quantitative estimate of drug-likeness (QED) is 0.834. The van der Waals surface area contributed by atoms with Crippen LogP contribution in [0.15, 0.2) is 24.3 Å².